The Hall–Kier alpha value is -2.69. The molecule has 1 fully saturated rings. The maximum absolute atomic E-state index is 13.6. The summed E-state index contributed by atoms with van der Waals surface area (Å²) in [5.74, 6) is -2.00. The fourth-order valence-corrected chi connectivity index (χ4v) is 2.87. The lowest BCUT2D eigenvalue weighted by molar-refractivity contribution is -0.129. The van der Waals surface area contributed by atoms with Gasteiger partial charge in [-0.15, -0.1) is 0 Å². The van der Waals surface area contributed by atoms with Crippen LogP contribution < -0.4 is 10.2 Å². The van der Waals surface area contributed by atoms with Gasteiger partial charge in [-0.25, -0.2) is 4.39 Å². The number of hydrogen-bond donors (Lipinski definition) is 1. The highest BCUT2D eigenvalue weighted by atomic mass is 19.1. The fraction of sp³-hybridized carbons (Fsp3) is 0.263. The molecule has 3 rings (SSSR count). The molecule has 0 bridgehead atoms. The van der Waals surface area contributed by atoms with E-state index in [1.54, 1.807) is 17.0 Å². The third kappa shape index (κ3) is 3.15. The summed E-state index contributed by atoms with van der Waals surface area (Å²) in [4.78, 5) is 26.5. The minimum absolute atomic E-state index is 0.0982. The molecule has 2 aromatic rings. The van der Waals surface area contributed by atoms with Crippen molar-refractivity contribution in [3.05, 3.63) is 59.9 Å². The van der Waals surface area contributed by atoms with Gasteiger partial charge in [-0.1, -0.05) is 31.2 Å². The molecule has 1 N–H and O–H groups in total. The van der Waals surface area contributed by atoms with Crippen molar-refractivity contribution < 1.29 is 14.0 Å². The van der Waals surface area contributed by atoms with Crippen molar-refractivity contribution in [3.63, 3.8) is 0 Å². The molecule has 2 amide bonds. The van der Waals surface area contributed by atoms with Crippen LogP contribution >= 0.6 is 0 Å². The van der Waals surface area contributed by atoms with Crippen LogP contribution in [0.1, 0.15) is 18.9 Å². The molecule has 1 unspecified atom stereocenters. The van der Waals surface area contributed by atoms with Gasteiger partial charge < -0.3 is 10.2 Å². The van der Waals surface area contributed by atoms with Crippen LogP contribution in [0.2, 0.25) is 0 Å². The van der Waals surface area contributed by atoms with Gasteiger partial charge in [0.05, 0.1) is 5.69 Å². The maximum Gasteiger partial charge on any atom is 0.239 e. The monoisotopic (exact) mass is 326 g/mol. The van der Waals surface area contributed by atoms with Gasteiger partial charge in [0.1, 0.15) is 11.7 Å². The van der Waals surface area contributed by atoms with Crippen LogP contribution in [-0.2, 0) is 16.0 Å². The summed E-state index contributed by atoms with van der Waals surface area (Å²) in [6.45, 7) is 2.55. The van der Waals surface area contributed by atoms with Crippen LogP contribution in [0, 0.1) is 11.7 Å². The van der Waals surface area contributed by atoms with E-state index in [1.165, 1.54) is 17.7 Å². The van der Waals surface area contributed by atoms with Crippen molar-refractivity contribution >= 4 is 23.2 Å². The number of carbonyl (C=O) groups excluding carboxylic acids is 2. The van der Waals surface area contributed by atoms with E-state index < -0.39 is 17.6 Å². The van der Waals surface area contributed by atoms with E-state index in [2.05, 4.69) is 12.2 Å². The SMILES string of the molecule is CCc1ccc(N2CCC(C(=O)Nc3ccccc3F)C2=O)cc1. The fourth-order valence-electron chi connectivity index (χ4n) is 2.87. The minimum atomic E-state index is -0.782. The Bertz CT molecular complexity index is 758. The van der Waals surface area contributed by atoms with Crippen molar-refractivity contribution in [2.24, 2.45) is 5.92 Å². The smallest absolute Gasteiger partial charge is 0.239 e. The second-order valence-corrected chi connectivity index (χ2v) is 5.82. The summed E-state index contributed by atoms with van der Waals surface area (Å²) in [5, 5.41) is 2.51. The van der Waals surface area contributed by atoms with E-state index in [4.69, 9.17) is 0 Å². The Balaban J connectivity index is 1.71. The van der Waals surface area contributed by atoms with E-state index in [1.807, 2.05) is 24.3 Å². The third-order valence-corrected chi connectivity index (χ3v) is 4.31. The summed E-state index contributed by atoms with van der Waals surface area (Å²) < 4.78 is 13.6. The molecule has 0 aromatic heterocycles. The lowest BCUT2D eigenvalue weighted by Gasteiger charge is -2.17. The highest BCUT2D eigenvalue weighted by Gasteiger charge is 2.37. The van der Waals surface area contributed by atoms with E-state index in [0.29, 0.717) is 13.0 Å². The lowest BCUT2D eigenvalue weighted by atomic mass is 10.1. The summed E-state index contributed by atoms with van der Waals surface area (Å²) in [7, 11) is 0. The number of nitrogens with one attached hydrogen (secondary N) is 1. The van der Waals surface area contributed by atoms with E-state index >= 15 is 0 Å². The van der Waals surface area contributed by atoms with Gasteiger partial charge in [0.2, 0.25) is 11.8 Å². The van der Waals surface area contributed by atoms with Crippen molar-refractivity contribution in [2.75, 3.05) is 16.8 Å². The minimum Gasteiger partial charge on any atom is -0.323 e. The zero-order valence-corrected chi connectivity index (χ0v) is 13.5. The number of hydrogen-bond acceptors (Lipinski definition) is 2. The third-order valence-electron chi connectivity index (χ3n) is 4.31. The first-order valence-corrected chi connectivity index (χ1v) is 8.06. The second kappa shape index (κ2) is 6.83. The first-order valence-electron chi connectivity index (χ1n) is 8.06. The Morgan fingerprint density at radius 1 is 1.21 bits per heavy atom. The molecule has 0 aliphatic carbocycles. The lowest BCUT2D eigenvalue weighted by Crippen LogP contribution is -2.33. The Morgan fingerprint density at radius 3 is 2.58 bits per heavy atom. The number of rotatable bonds is 4. The van der Waals surface area contributed by atoms with Gasteiger partial charge in [-0.05, 0) is 42.7 Å². The number of carbonyl (C=O) groups is 2. The average Bonchev–Trinajstić information content (AvgIpc) is 2.98. The molecule has 24 heavy (non-hydrogen) atoms. The summed E-state index contributed by atoms with van der Waals surface area (Å²) in [6, 6.07) is 13.7. The van der Waals surface area contributed by atoms with Crippen molar-refractivity contribution in [1.29, 1.82) is 0 Å². The van der Waals surface area contributed by atoms with Crippen LogP contribution in [-0.4, -0.2) is 18.4 Å². The number of amides is 2. The van der Waals surface area contributed by atoms with Gasteiger partial charge in [0.25, 0.3) is 0 Å². The van der Waals surface area contributed by atoms with Crippen molar-refractivity contribution in [2.45, 2.75) is 19.8 Å². The zero-order valence-electron chi connectivity index (χ0n) is 13.5. The first-order chi connectivity index (χ1) is 11.6. The van der Waals surface area contributed by atoms with Crippen molar-refractivity contribution in [3.8, 4) is 0 Å². The largest absolute Gasteiger partial charge is 0.323 e. The topological polar surface area (TPSA) is 49.4 Å². The number of para-hydroxylation sites is 1. The number of nitrogens with zero attached hydrogens (tertiary/aromatic N) is 1. The maximum atomic E-state index is 13.6. The van der Waals surface area contributed by atoms with Crippen LogP contribution in [0.25, 0.3) is 0 Å². The predicted octanol–water partition coefficient (Wildman–Crippen LogP) is 3.38. The summed E-state index contributed by atoms with van der Waals surface area (Å²) in [6.07, 6.45) is 1.36. The molecular formula is C19H19FN2O2. The molecule has 124 valence electrons. The van der Waals surface area contributed by atoms with Crippen LogP contribution in [0.5, 0.6) is 0 Å². The van der Waals surface area contributed by atoms with Gasteiger partial charge in [-0.3, -0.25) is 9.59 Å². The molecule has 0 radical (unpaired) electrons. The number of halogens is 1. The molecule has 2 aromatic carbocycles. The molecular weight excluding hydrogens is 307 g/mol. The molecule has 0 saturated carbocycles. The molecule has 1 atom stereocenters. The Labute approximate surface area is 140 Å². The van der Waals surface area contributed by atoms with Gasteiger partial charge in [-0.2, -0.15) is 0 Å². The van der Waals surface area contributed by atoms with Crippen LogP contribution in [0.15, 0.2) is 48.5 Å². The van der Waals surface area contributed by atoms with E-state index in [-0.39, 0.29) is 11.6 Å². The zero-order chi connectivity index (χ0) is 17.1. The molecule has 0 spiro atoms. The predicted molar refractivity (Wildman–Crippen MR) is 91.3 cm³/mol. The standard InChI is InChI=1S/C19H19FN2O2/c1-2-13-7-9-14(10-8-13)22-12-11-15(19(22)24)18(23)21-17-6-4-3-5-16(17)20/h3-10,15H,2,11-12H2,1H3,(H,21,23). The highest BCUT2D eigenvalue weighted by Crippen LogP contribution is 2.27. The molecule has 5 heteroatoms. The molecule has 1 aliphatic heterocycles. The van der Waals surface area contributed by atoms with Crippen LogP contribution in [0.4, 0.5) is 15.8 Å². The summed E-state index contributed by atoms with van der Waals surface area (Å²) in [5.41, 5.74) is 2.08. The molecule has 1 heterocycles. The van der Waals surface area contributed by atoms with Gasteiger partial charge >= 0.3 is 0 Å². The Morgan fingerprint density at radius 2 is 1.92 bits per heavy atom. The quantitative estimate of drug-likeness (QED) is 0.876. The summed E-state index contributed by atoms with van der Waals surface area (Å²) >= 11 is 0. The van der Waals surface area contributed by atoms with Crippen LogP contribution in [0.3, 0.4) is 0 Å². The van der Waals surface area contributed by atoms with Gasteiger partial charge in [0.15, 0.2) is 0 Å². The number of anilines is 2. The molecule has 4 nitrogen and oxygen atoms in total. The van der Waals surface area contributed by atoms with E-state index in [0.717, 1.165) is 12.1 Å². The molecule has 1 aliphatic rings. The number of aryl methyl sites for hydroxylation is 1. The van der Waals surface area contributed by atoms with E-state index in [9.17, 15) is 14.0 Å². The molecule has 1 saturated heterocycles. The second-order valence-electron chi connectivity index (χ2n) is 5.82. The normalized spacial score (nSPS) is 17.2. The van der Waals surface area contributed by atoms with Gasteiger partial charge in [0, 0.05) is 12.2 Å². The average molecular weight is 326 g/mol. The Kier molecular flexibility index (Phi) is 4.60. The number of benzene rings is 2. The van der Waals surface area contributed by atoms with Crippen molar-refractivity contribution in [1.82, 2.24) is 0 Å². The first kappa shape index (κ1) is 16.2. The highest BCUT2D eigenvalue weighted by molar-refractivity contribution is 6.13.